The second-order valence-corrected chi connectivity index (χ2v) is 6.10. The van der Waals surface area contributed by atoms with E-state index in [2.05, 4.69) is 4.72 Å². The van der Waals surface area contributed by atoms with Crippen molar-refractivity contribution in [3.8, 4) is 0 Å². The number of aliphatic hydroxyl groups is 1. The van der Waals surface area contributed by atoms with Crippen LogP contribution in [0.15, 0.2) is 17.0 Å². The van der Waals surface area contributed by atoms with Gasteiger partial charge in [-0.1, -0.05) is 0 Å². The Kier molecular flexibility index (Phi) is 5.15. The van der Waals surface area contributed by atoms with Crippen LogP contribution in [-0.4, -0.2) is 31.1 Å². The molecule has 1 aromatic carbocycles. The lowest BCUT2D eigenvalue weighted by atomic mass is 10.2. The highest BCUT2D eigenvalue weighted by Gasteiger charge is 2.24. The summed E-state index contributed by atoms with van der Waals surface area (Å²) < 4.78 is 39.5. The number of nitrogens with one attached hydrogen (secondary N) is 1. The van der Waals surface area contributed by atoms with Crippen molar-refractivity contribution in [3.05, 3.63) is 33.6 Å². The zero-order chi connectivity index (χ0) is 15.5. The van der Waals surface area contributed by atoms with Crippen molar-refractivity contribution in [2.24, 2.45) is 0 Å². The fourth-order valence-electron chi connectivity index (χ4n) is 1.55. The van der Waals surface area contributed by atoms with Crippen LogP contribution in [0.3, 0.4) is 0 Å². The summed E-state index contributed by atoms with van der Waals surface area (Å²) in [4.78, 5) is 9.30. The summed E-state index contributed by atoms with van der Waals surface area (Å²) in [6.07, 6.45) is -0.483. The number of hydrogen-bond donors (Lipinski definition) is 2. The molecule has 112 valence electrons. The summed E-state index contributed by atoms with van der Waals surface area (Å²) in [5.41, 5.74) is -0.829. The number of benzene rings is 1. The number of sulfonamides is 1. The largest absolute Gasteiger partial charge is 0.393 e. The molecule has 0 aliphatic rings. The quantitative estimate of drug-likeness (QED) is 0.604. The Morgan fingerprint density at radius 1 is 1.50 bits per heavy atom. The standard InChI is InChI=1S/C11H15FN2O5S/c1-7-5-9(12)10(14(16)17)6-11(7)20(18,19)13-4-3-8(2)15/h5-6,8,13,15H,3-4H2,1-2H3. The van der Waals surface area contributed by atoms with Crippen LogP contribution in [0.1, 0.15) is 18.9 Å². The Morgan fingerprint density at radius 3 is 2.60 bits per heavy atom. The lowest BCUT2D eigenvalue weighted by Crippen LogP contribution is -2.27. The molecule has 0 aromatic heterocycles. The molecular formula is C11H15FN2O5S. The Labute approximate surface area is 115 Å². The molecular weight excluding hydrogens is 291 g/mol. The van der Waals surface area contributed by atoms with Crippen LogP contribution in [0.2, 0.25) is 0 Å². The first kappa shape index (κ1) is 16.5. The molecule has 1 rings (SSSR count). The lowest BCUT2D eigenvalue weighted by molar-refractivity contribution is -0.387. The number of hydrogen-bond acceptors (Lipinski definition) is 5. The van der Waals surface area contributed by atoms with Crippen LogP contribution in [0.5, 0.6) is 0 Å². The van der Waals surface area contributed by atoms with Crippen LogP contribution in [0.25, 0.3) is 0 Å². The maximum Gasteiger partial charge on any atom is 0.306 e. The van der Waals surface area contributed by atoms with E-state index < -0.39 is 32.6 Å². The monoisotopic (exact) mass is 306 g/mol. The topological polar surface area (TPSA) is 110 Å². The van der Waals surface area contributed by atoms with E-state index in [1.807, 2.05) is 0 Å². The summed E-state index contributed by atoms with van der Waals surface area (Å²) in [6.45, 7) is 2.82. The van der Waals surface area contributed by atoms with E-state index in [0.717, 1.165) is 6.07 Å². The molecule has 0 radical (unpaired) electrons. The van der Waals surface area contributed by atoms with Gasteiger partial charge in [-0.2, -0.15) is 4.39 Å². The van der Waals surface area contributed by atoms with Gasteiger partial charge < -0.3 is 5.11 Å². The molecule has 0 bridgehead atoms. The van der Waals surface area contributed by atoms with Gasteiger partial charge in [-0.05, 0) is 31.9 Å². The number of rotatable bonds is 6. The first-order chi connectivity index (χ1) is 9.15. The molecule has 0 saturated carbocycles. The highest BCUT2D eigenvalue weighted by Crippen LogP contribution is 2.25. The average molecular weight is 306 g/mol. The first-order valence-corrected chi connectivity index (χ1v) is 7.25. The van der Waals surface area contributed by atoms with E-state index in [1.54, 1.807) is 0 Å². The van der Waals surface area contributed by atoms with E-state index in [-0.39, 0.29) is 23.4 Å². The number of nitrogens with zero attached hydrogens (tertiary/aromatic N) is 1. The Morgan fingerprint density at radius 2 is 2.10 bits per heavy atom. The van der Waals surface area contributed by atoms with Gasteiger partial charge in [0.1, 0.15) is 0 Å². The van der Waals surface area contributed by atoms with Crippen molar-refractivity contribution in [1.29, 1.82) is 0 Å². The van der Waals surface area contributed by atoms with Gasteiger partial charge >= 0.3 is 5.69 Å². The average Bonchev–Trinajstić information content (AvgIpc) is 2.26. The number of aliphatic hydroxyl groups excluding tert-OH is 1. The molecule has 0 spiro atoms. The van der Waals surface area contributed by atoms with Crippen LogP contribution < -0.4 is 4.72 Å². The molecule has 1 unspecified atom stereocenters. The van der Waals surface area contributed by atoms with Gasteiger partial charge in [0.25, 0.3) is 0 Å². The minimum Gasteiger partial charge on any atom is -0.393 e. The Balaban J connectivity index is 3.11. The van der Waals surface area contributed by atoms with E-state index in [4.69, 9.17) is 5.11 Å². The van der Waals surface area contributed by atoms with Gasteiger partial charge in [0, 0.05) is 12.6 Å². The molecule has 0 fully saturated rings. The van der Waals surface area contributed by atoms with Gasteiger partial charge in [-0.25, -0.2) is 13.1 Å². The van der Waals surface area contributed by atoms with Crippen LogP contribution >= 0.6 is 0 Å². The van der Waals surface area contributed by atoms with Gasteiger partial charge in [-0.3, -0.25) is 10.1 Å². The van der Waals surface area contributed by atoms with Crippen molar-refractivity contribution in [2.45, 2.75) is 31.3 Å². The van der Waals surface area contributed by atoms with Crippen LogP contribution in [-0.2, 0) is 10.0 Å². The summed E-state index contributed by atoms with van der Waals surface area (Å²) in [6, 6.07) is 1.50. The smallest absolute Gasteiger partial charge is 0.306 e. The van der Waals surface area contributed by atoms with E-state index in [9.17, 15) is 22.9 Å². The van der Waals surface area contributed by atoms with Gasteiger partial charge in [-0.15, -0.1) is 0 Å². The van der Waals surface area contributed by atoms with Crippen molar-refractivity contribution >= 4 is 15.7 Å². The number of aryl methyl sites for hydroxylation is 1. The molecule has 9 heteroatoms. The molecule has 1 aromatic rings. The number of halogens is 1. The molecule has 0 aliphatic heterocycles. The second kappa shape index (κ2) is 6.25. The van der Waals surface area contributed by atoms with E-state index >= 15 is 0 Å². The summed E-state index contributed by atoms with van der Waals surface area (Å²) in [5.74, 6) is -1.09. The van der Waals surface area contributed by atoms with Crippen molar-refractivity contribution in [1.82, 2.24) is 4.72 Å². The van der Waals surface area contributed by atoms with Gasteiger partial charge in [0.05, 0.1) is 15.9 Å². The summed E-state index contributed by atoms with van der Waals surface area (Å²) in [5, 5.41) is 19.7. The van der Waals surface area contributed by atoms with Crippen LogP contribution in [0.4, 0.5) is 10.1 Å². The fourth-order valence-corrected chi connectivity index (χ4v) is 2.84. The normalized spacial score (nSPS) is 13.2. The van der Waals surface area contributed by atoms with E-state index in [0.29, 0.717) is 6.07 Å². The highest BCUT2D eigenvalue weighted by molar-refractivity contribution is 7.89. The lowest BCUT2D eigenvalue weighted by Gasteiger charge is -2.10. The van der Waals surface area contributed by atoms with Crippen molar-refractivity contribution < 1.29 is 22.8 Å². The minimum atomic E-state index is -3.99. The third-order valence-corrected chi connectivity index (χ3v) is 4.19. The van der Waals surface area contributed by atoms with E-state index in [1.165, 1.54) is 13.8 Å². The molecule has 0 heterocycles. The van der Waals surface area contributed by atoms with Crippen LogP contribution in [0, 0.1) is 22.9 Å². The Hall–Kier alpha value is -1.58. The Bertz CT molecular complexity index is 615. The zero-order valence-electron chi connectivity index (χ0n) is 11.0. The molecule has 7 nitrogen and oxygen atoms in total. The third-order valence-electron chi connectivity index (χ3n) is 2.58. The molecule has 2 N–H and O–H groups in total. The fraction of sp³-hybridized carbons (Fsp3) is 0.455. The maximum absolute atomic E-state index is 13.3. The predicted octanol–water partition coefficient (Wildman–Crippen LogP) is 1.09. The zero-order valence-corrected chi connectivity index (χ0v) is 11.8. The highest BCUT2D eigenvalue weighted by atomic mass is 32.2. The number of nitro benzene ring substituents is 1. The van der Waals surface area contributed by atoms with Gasteiger partial charge in [0.2, 0.25) is 15.8 Å². The first-order valence-electron chi connectivity index (χ1n) is 5.77. The summed E-state index contributed by atoms with van der Waals surface area (Å²) in [7, 11) is -3.99. The minimum absolute atomic E-state index is 0.0232. The van der Waals surface area contributed by atoms with Crippen molar-refractivity contribution in [3.63, 3.8) is 0 Å². The SMILES string of the molecule is Cc1cc(F)c([N+](=O)[O-])cc1S(=O)(=O)NCCC(C)O. The number of nitro groups is 1. The molecule has 1 atom stereocenters. The molecule has 0 aliphatic carbocycles. The third kappa shape index (κ3) is 3.95. The molecule has 20 heavy (non-hydrogen) atoms. The molecule has 0 amide bonds. The maximum atomic E-state index is 13.3. The van der Waals surface area contributed by atoms with Gasteiger partial charge in [0.15, 0.2) is 0 Å². The second-order valence-electron chi connectivity index (χ2n) is 4.36. The summed E-state index contributed by atoms with van der Waals surface area (Å²) >= 11 is 0. The predicted molar refractivity (Wildman–Crippen MR) is 69.3 cm³/mol. The van der Waals surface area contributed by atoms with Crippen molar-refractivity contribution in [2.75, 3.05) is 6.54 Å². The molecule has 0 saturated heterocycles.